The molecule has 0 aromatic heterocycles. The average Bonchev–Trinajstić information content (AvgIpc) is 2.58. The molecule has 0 N–H and O–H groups in total. The van der Waals surface area contributed by atoms with Crippen LogP contribution in [0.4, 0.5) is 0 Å². The van der Waals surface area contributed by atoms with Crippen LogP contribution < -0.4 is 0 Å². The SMILES string of the molecule is CCN(CC)P1(=NC(C)(C)C)N(C)N1C. The summed E-state index contributed by atoms with van der Waals surface area (Å²) in [4.78, 5) is 0. The monoisotopic (exact) mass is 232 g/mol. The van der Waals surface area contributed by atoms with Crippen LogP contribution in [-0.4, -0.2) is 47.0 Å². The molecule has 0 radical (unpaired) electrons. The molecule has 2 atom stereocenters. The Hall–Kier alpha value is 0.110. The summed E-state index contributed by atoms with van der Waals surface area (Å²) in [6.07, 6.45) is 0. The second kappa shape index (κ2) is 4.17. The van der Waals surface area contributed by atoms with Crippen molar-refractivity contribution in [2.24, 2.45) is 4.74 Å². The molecule has 1 fully saturated rings. The Morgan fingerprint density at radius 1 is 1.07 bits per heavy atom. The zero-order valence-corrected chi connectivity index (χ0v) is 12.0. The van der Waals surface area contributed by atoms with Gasteiger partial charge in [-0.15, -0.1) is 0 Å². The first-order valence-corrected chi connectivity index (χ1v) is 7.26. The van der Waals surface area contributed by atoms with Crippen molar-refractivity contribution >= 4 is 7.51 Å². The summed E-state index contributed by atoms with van der Waals surface area (Å²) in [6.45, 7) is 13.1. The van der Waals surface area contributed by atoms with Crippen molar-refractivity contribution in [2.75, 3.05) is 27.2 Å². The zero-order chi connectivity index (χ0) is 11.9. The lowest BCUT2D eigenvalue weighted by Gasteiger charge is -2.24. The molecule has 1 heterocycles. The lowest BCUT2D eigenvalue weighted by atomic mass is 10.1. The van der Waals surface area contributed by atoms with E-state index >= 15 is 0 Å². The van der Waals surface area contributed by atoms with Crippen LogP contribution >= 0.6 is 7.51 Å². The van der Waals surface area contributed by atoms with Crippen molar-refractivity contribution in [2.45, 2.75) is 40.2 Å². The fraction of sp³-hybridized carbons (Fsp3) is 1.00. The van der Waals surface area contributed by atoms with E-state index in [9.17, 15) is 0 Å². The molecule has 5 heteroatoms. The van der Waals surface area contributed by atoms with Crippen LogP contribution in [0, 0.1) is 0 Å². The first-order chi connectivity index (χ1) is 6.79. The van der Waals surface area contributed by atoms with Gasteiger partial charge in [0.05, 0.1) is 5.54 Å². The number of nitrogens with zero attached hydrogens (tertiary/aromatic N) is 4. The van der Waals surface area contributed by atoms with Crippen LogP contribution in [0.15, 0.2) is 4.74 Å². The fourth-order valence-corrected chi connectivity index (χ4v) is 5.56. The van der Waals surface area contributed by atoms with Crippen molar-refractivity contribution in [1.82, 2.24) is 14.2 Å². The molecule has 0 aliphatic carbocycles. The normalized spacial score (nSPS) is 35.7. The maximum Gasteiger partial charge on any atom is 0.195 e. The molecule has 0 amide bonds. The van der Waals surface area contributed by atoms with Crippen LogP contribution in [0.3, 0.4) is 0 Å². The molecule has 0 aromatic carbocycles. The highest BCUT2D eigenvalue weighted by Gasteiger charge is 2.53. The molecule has 1 saturated heterocycles. The minimum Gasteiger partial charge on any atom is -0.253 e. The van der Waals surface area contributed by atoms with Crippen molar-refractivity contribution in [3.8, 4) is 0 Å². The quantitative estimate of drug-likeness (QED) is 0.551. The number of hydrogen-bond donors (Lipinski definition) is 0. The topological polar surface area (TPSA) is 21.6 Å². The van der Waals surface area contributed by atoms with E-state index in [2.05, 4.69) is 62.9 Å². The Morgan fingerprint density at radius 3 is 1.67 bits per heavy atom. The van der Waals surface area contributed by atoms with Crippen molar-refractivity contribution in [3.63, 3.8) is 0 Å². The number of hydrogen-bond acceptors (Lipinski definition) is 1. The van der Waals surface area contributed by atoms with E-state index in [4.69, 9.17) is 4.74 Å². The van der Waals surface area contributed by atoms with Gasteiger partial charge >= 0.3 is 0 Å². The molecule has 4 nitrogen and oxygen atoms in total. The van der Waals surface area contributed by atoms with Gasteiger partial charge in [0, 0.05) is 27.2 Å². The first kappa shape index (κ1) is 13.2. The third-order valence-electron chi connectivity index (χ3n) is 2.71. The molecule has 1 aliphatic rings. The van der Waals surface area contributed by atoms with E-state index in [1.54, 1.807) is 0 Å². The van der Waals surface area contributed by atoms with Crippen molar-refractivity contribution in [1.29, 1.82) is 0 Å². The minimum atomic E-state index is -1.48. The van der Waals surface area contributed by atoms with Gasteiger partial charge in [-0.05, 0) is 20.8 Å². The van der Waals surface area contributed by atoms with Crippen molar-refractivity contribution in [3.05, 3.63) is 0 Å². The minimum absolute atomic E-state index is 0.0371. The van der Waals surface area contributed by atoms with E-state index in [0.717, 1.165) is 13.1 Å². The Balaban J connectivity index is 3.08. The highest BCUT2D eigenvalue weighted by Crippen LogP contribution is 2.73. The molecule has 15 heavy (non-hydrogen) atoms. The largest absolute Gasteiger partial charge is 0.253 e. The van der Waals surface area contributed by atoms with Gasteiger partial charge in [0.15, 0.2) is 7.51 Å². The summed E-state index contributed by atoms with van der Waals surface area (Å²) in [5.74, 6) is 0. The molecule has 0 spiro atoms. The van der Waals surface area contributed by atoms with Crippen LogP contribution in [0.1, 0.15) is 34.6 Å². The van der Waals surface area contributed by atoms with Gasteiger partial charge < -0.3 is 0 Å². The molecule has 90 valence electrons. The van der Waals surface area contributed by atoms with E-state index in [-0.39, 0.29) is 5.54 Å². The molecular formula is C10H25N4P. The third kappa shape index (κ3) is 2.28. The van der Waals surface area contributed by atoms with E-state index < -0.39 is 7.51 Å². The second-order valence-electron chi connectivity index (χ2n) is 4.93. The molecule has 0 aromatic rings. The zero-order valence-electron chi connectivity index (χ0n) is 11.2. The standard InChI is InChI=1S/C10H25N4P/c1-8-14(9-2)15(11-10(3,4)5)12(6)13(15)7/h8-9H2,1-7H3. The number of hydrazine groups is 1. The molecule has 1 rings (SSSR count). The predicted octanol–water partition coefficient (Wildman–Crippen LogP) is 2.87. The summed E-state index contributed by atoms with van der Waals surface area (Å²) in [7, 11) is 2.80. The van der Waals surface area contributed by atoms with Gasteiger partial charge in [0.1, 0.15) is 0 Å². The van der Waals surface area contributed by atoms with Gasteiger partial charge in [-0.2, -0.15) is 9.56 Å². The van der Waals surface area contributed by atoms with Gasteiger partial charge in [0.2, 0.25) is 0 Å². The molecule has 1 aliphatic heterocycles. The Kier molecular flexibility index (Phi) is 3.66. The predicted molar refractivity (Wildman–Crippen MR) is 67.5 cm³/mol. The molecular weight excluding hydrogens is 207 g/mol. The summed E-state index contributed by atoms with van der Waals surface area (Å²) in [5.41, 5.74) is 0.0371. The lowest BCUT2D eigenvalue weighted by molar-refractivity contribution is 0.412. The third-order valence-corrected chi connectivity index (χ3v) is 6.83. The van der Waals surface area contributed by atoms with Gasteiger partial charge in [-0.25, -0.2) is 4.67 Å². The summed E-state index contributed by atoms with van der Waals surface area (Å²) >= 11 is 0. The van der Waals surface area contributed by atoms with Gasteiger partial charge in [0.25, 0.3) is 0 Å². The van der Waals surface area contributed by atoms with Crippen molar-refractivity contribution < 1.29 is 0 Å². The molecule has 0 bridgehead atoms. The maximum absolute atomic E-state index is 5.05. The second-order valence-corrected chi connectivity index (χ2v) is 7.92. The summed E-state index contributed by atoms with van der Waals surface area (Å²) in [5, 5.41) is 0. The molecule has 0 saturated carbocycles. The summed E-state index contributed by atoms with van der Waals surface area (Å²) < 4.78 is 12.1. The van der Waals surface area contributed by atoms with Gasteiger partial charge in [-0.1, -0.05) is 13.8 Å². The Bertz CT molecular complexity index is 266. The summed E-state index contributed by atoms with van der Waals surface area (Å²) in [6, 6.07) is 0. The van der Waals surface area contributed by atoms with Gasteiger partial charge in [-0.3, -0.25) is 4.74 Å². The first-order valence-electron chi connectivity index (χ1n) is 5.66. The van der Waals surface area contributed by atoms with E-state index in [0.29, 0.717) is 0 Å². The smallest absolute Gasteiger partial charge is 0.195 e. The number of rotatable bonds is 3. The maximum atomic E-state index is 5.05. The van der Waals surface area contributed by atoms with E-state index in [1.165, 1.54) is 0 Å². The Morgan fingerprint density at radius 2 is 1.47 bits per heavy atom. The van der Waals surface area contributed by atoms with Crippen LogP contribution in [0.5, 0.6) is 0 Å². The van der Waals surface area contributed by atoms with Crippen LogP contribution in [0.25, 0.3) is 0 Å². The lowest BCUT2D eigenvalue weighted by Crippen LogP contribution is -2.19. The Labute approximate surface area is 94.4 Å². The van der Waals surface area contributed by atoms with Crippen LogP contribution in [0.2, 0.25) is 0 Å². The highest BCUT2D eigenvalue weighted by molar-refractivity contribution is 7.64. The fourth-order valence-electron chi connectivity index (χ4n) is 1.93. The average molecular weight is 232 g/mol. The van der Waals surface area contributed by atoms with Crippen LogP contribution in [-0.2, 0) is 0 Å². The van der Waals surface area contributed by atoms with E-state index in [1.807, 2.05) is 0 Å². The highest BCUT2D eigenvalue weighted by atomic mass is 31.2. The molecule has 2 unspecified atom stereocenters.